The molecule has 1 saturated carbocycles. The van der Waals surface area contributed by atoms with Crippen molar-refractivity contribution in [2.45, 2.75) is 32.2 Å². The van der Waals surface area contributed by atoms with Crippen LogP contribution in [-0.2, 0) is 6.42 Å². The van der Waals surface area contributed by atoms with Crippen molar-refractivity contribution in [3.63, 3.8) is 0 Å². The molecular weight excluding hydrogens is 248 g/mol. The van der Waals surface area contributed by atoms with E-state index in [0.29, 0.717) is 6.04 Å². The van der Waals surface area contributed by atoms with Gasteiger partial charge < -0.3 is 10.6 Å². The molecule has 0 saturated heterocycles. The second kappa shape index (κ2) is 5.90. The molecule has 20 heavy (non-hydrogen) atoms. The Labute approximate surface area is 119 Å². The molecule has 1 aromatic heterocycles. The van der Waals surface area contributed by atoms with E-state index in [9.17, 15) is 0 Å². The fraction of sp³-hybridized carbons (Fsp3) is 0.375. The molecule has 0 amide bonds. The normalized spacial score (nSPS) is 14.1. The van der Waals surface area contributed by atoms with Gasteiger partial charge in [-0.15, -0.1) is 0 Å². The van der Waals surface area contributed by atoms with Gasteiger partial charge in [-0.1, -0.05) is 30.3 Å². The van der Waals surface area contributed by atoms with Crippen LogP contribution in [-0.4, -0.2) is 22.6 Å². The van der Waals surface area contributed by atoms with Crippen LogP contribution in [0.3, 0.4) is 0 Å². The monoisotopic (exact) mass is 268 g/mol. The number of nitrogens with one attached hydrogen (secondary N) is 2. The molecule has 4 heteroatoms. The molecule has 1 aliphatic rings. The van der Waals surface area contributed by atoms with Gasteiger partial charge in [0.05, 0.1) is 0 Å². The van der Waals surface area contributed by atoms with Crippen molar-refractivity contribution in [3.05, 3.63) is 47.7 Å². The van der Waals surface area contributed by atoms with Crippen molar-refractivity contribution in [3.8, 4) is 0 Å². The molecule has 104 valence electrons. The topological polar surface area (TPSA) is 49.8 Å². The first kappa shape index (κ1) is 12.9. The number of nitrogens with zero attached hydrogens (tertiary/aromatic N) is 2. The largest absolute Gasteiger partial charge is 0.370 e. The second-order valence-electron chi connectivity index (χ2n) is 5.30. The highest BCUT2D eigenvalue weighted by atomic mass is 15.2. The highest BCUT2D eigenvalue weighted by molar-refractivity contribution is 5.43. The maximum atomic E-state index is 4.51. The molecule has 2 N–H and O–H groups in total. The summed E-state index contributed by atoms with van der Waals surface area (Å²) < 4.78 is 0. The third kappa shape index (κ3) is 3.70. The predicted molar refractivity (Wildman–Crippen MR) is 82.0 cm³/mol. The fourth-order valence-electron chi connectivity index (χ4n) is 2.11. The summed E-state index contributed by atoms with van der Waals surface area (Å²) in [7, 11) is 0. The summed E-state index contributed by atoms with van der Waals surface area (Å²) in [5, 5.41) is 6.72. The molecule has 0 aliphatic heterocycles. The minimum Gasteiger partial charge on any atom is -0.370 e. The first-order valence-corrected chi connectivity index (χ1v) is 7.19. The zero-order valence-corrected chi connectivity index (χ0v) is 11.8. The van der Waals surface area contributed by atoms with Gasteiger partial charge in [0, 0.05) is 24.3 Å². The molecule has 2 aromatic rings. The maximum absolute atomic E-state index is 4.51. The van der Waals surface area contributed by atoms with E-state index >= 15 is 0 Å². The van der Waals surface area contributed by atoms with Crippen LogP contribution >= 0.6 is 0 Å². The van der Waals surface area contributed by atoms with E-state index in [-0.39, 0.29) is 0 Å². The third-order valence-corrected chi connectivity index (χ3v) is 3.33. The number of aromatic nitrogens is 2. The molecule has 3 rings (SSSR count). The molecule has 1 aliphatic carbocycles. The van der Waals surface area contributed by atoms with Gasteiger partial charge in [-0.25, -0.2) is 4.98 Å². The summed E-state index contributed by atoms with van der Waals surface area (Å²) >= 11 is 0. The Balaban J connectivity index is 1.57. The van der Waals surface area contributed by atoms with Crippen LogP contribution in [0.2, 0.25) is 0 Å². The van der Waals surface area contributed by atoms with E-state index in [4.69, 9.17) is 0 Å². The minimum atomic E-state index is 0.578. The van der Waals surface area contributed by atoms with Crippen molar-refractivity contribution < 1.29 is 0 Å². The summed E-state index contributed by atoms with van der Waals surface area (Å²) in [6.07, 6.45) is 3.46. The lowest BCUT2D eigenvalue weighted by Gasteiger charge is -2.09. The van der Waals surface area contributed by atoms with Crippen LogP contribution < -0.4 is 10.6 Å². The van der Waals surface area contributed by atoms with Crippen molar-refractivity contribution in [2.24, 2.45) is 0 Å². The Kier molecular flexibility index (Phi) is 3.81. The van der Waals surface area contributed by atoms with Crippen molar-refractivity contribution in [1.82, 2.24) is 9.97 Å². The smallest absolute Gasteiger partial charge is 0.225 e. The van der Waals surface area contributed by atoms with Crippen molar-refractivity contribution in [1.29, 1.82) is 0 Å². The summed E-state index contributed by atoms with van der Waals surface area (Å²) in [5.41, 5.74) is 2.33. The average molecular weight is 268 g/mol. The van der Waals surface area contributed by atoms with Crippen LogP contribution in [0.15, 0.2) is 36.4 Å². The van der Waals surface area contributed by atoms with E-state index in [1.54, 1.807) is 0 Å². The predicted octanol–water partition coefficient (Wildman–Crippen LogP) is 3.01. The van der Waals surface area contributed by atoms with E-state index in [2.05, 4.69) is 44.9 Å². The molecule has 1 aromatic carbocycles. The molecule has 0 radical (unpaired) electrons. The van der Waals surface area contributed by atoms with Crippen LogP contribution in [0.1, 0.15) is 24.1 Å². The van der Waals surface area contributed by atoms with Gasteiger partial charge in [0.25, 0.3) is 0 Å². The zero-order chi connectivity index (χ0) is 13.8. The van der Waals surface area contributed by atoms with Crippen LogP contribution in [0.25, 0.3) is 0 Å². The van der Waals surface area contributed by atoms with Gasteiger partial charge in [0.1, 0.15) is 5.82 Å². The first-order valence-electron chi connectivity index (χ1n) is 7.19. The molecule has 0 bridgehead atoms. The molecule has 0 unspecified atom stereocenters. The van der Waals surface area contributed by atoms with E-state index in [1.807, 2.05) is 19.1 Å². The number of aryl methyl sites for hydroxylation is 1. The van der Waals surface area contributed by atoms with Gasteiger partial charge in [0.2, 0.25) is 5.95 Å². The standard InChI is InChI=1S/C16H20N4/c1-12-11-15(20-16(18-12)19-14-7-8-14)17-10-9-13-5-3-2-4-6-13/h2-6,11,14H,7-10H2,1H3,(H2,17,18,19,20). The van der Waals surface area contributed by atoms with Gasteiger partial charge in [-0.05, 0) is 31.7 Å². The Morgan fingerprint density at radius 1 is 1.15 bits per heavy atom. The Bertz CT molecular complexity index is 564. The van der Waals surface area contributed by atoms with Gasteiger partial charge in [0.15, 0.2) is 0 Å². The average Bonchev–Trinajstić information content (AvgIpc) is 3.23. The number of benzene rings is 1. The SMILES string of the molecule is Cc1cc(NCCc2ccccc2)nc(NC2CC2)n1. The summed E-state index contributed by atoms with van der Waals surface area (Å²) in [4.78, 5) is 8.93. The second-order valence-corrected chi connectivity index (χ2v) is 5.30. The van der Waals surface area contributed by atoms with Gasteiger partial charge in [-0.3, -0.25) is 0 Å². The van der Waals surface area contributed by atoms with E-state index in [1.165, 1.54) is 18.4 Å². The fourth-order valence-corrected chi connectivity index (χ4v) is 2.11. The van der Waals surface area contributed by atoms with Crippen LogP contribution in [0.5, 0.6) is 0 Å². The highest BCUT2D eigenvalue weighted by Crippen LogP contribution is 2.23. The third-order valence-electron chi connectivity index (χ3n) is 3.33. The highest BCUT2D eigenvalue weighted by Gasteiger charge is 2.22. The Morgan fingerprint density at radius 2 is 1.95 bits per heavy atom. The molecule has 1 heterocycles. The summed E-state index contributed by atoms with van der Waals surface area (Å²) in [6, 6.07) is 13.0. The van der Waals surface area contributed by atoms with Crippen LogP contribution in [0.4, 0.5) is 11.8 Å². The molecular formula is C16H20N4. The molecule has 4 nitrogen and oxygen atoms in total. The number of hydrogen-bond acceptors (Lipinski definition) is 4. The van der Waals surface area contributed by atoms with E-state index < -0.39 is 0 Å². The lowest BCUT2D eigenvalue weighted by Crippen LogP contribution is -2.11. The summed E-state index contributed by atoms with van der Waals surface area (Å²) in [6.45, 7) is 2.88. The quantitative estimate of drug-likeness (QED) is 0.845. The van der Waals surface area contributed by atoms with Gasteiger partial charge >= 0.3 is 0 Å². The Hall–Kier alpha value is -2.10. The van der Waals surface area contributed by atoms with Gasteiger partial charge in [-0.2, -0.15) is 4.98 Å². The first-order chi connectivity index (χ1) is 9.79. The lowest BCUT2D eigenvalue weighted by molar-refractivity contribution is 0.981. The molecule has 0 spiro atoms. The number of anilines is 2. The van der Waals surface area contributed by atoms with Crippen molar-refractivity contribution in [2.75, 3.05) is 17.2 Å². The van der Waals surface area contributed by atoms with Crippen molar-refractivity contribution >= 4 is 11.8 Å². The lowest BCUT2D eigenvalue weighted by atomic mass is 10.1. The number of hydrogen-bond donors (Lipinski definition) is 2. The maximum Gasteiger partial charge on any atom is 0.225 e. The summed E-state index contributed by atoms with van der Waals surface area (Å²) in [5.74, 6) is 1.64. The van der Waals surface area contributed by atoms with E-state index in [0.717, 1.165) is 30.4 Å². The van der Waals surface area contributed by atoms with Crippen LogP contribution in [0, 0.1) is 6.92 Å². The molecule has 1 fully saturated rings. The minimum absolute atomic E-state index is 0.578. The number of rotatable bonds is 6. The molecule has 0 atom stereocenters. The Morgan fingerprint density at radius 3 is 2.70 bits per heavy atom. The zero-order valence-electron chi connectivity index (χ0n) is 11.8.